The van der Waals surface area contributed by atoms with Crippen LogP contribution < -0.4 is 4.72 Å². The summed E-state index contributed by atoms with van der Waals surface area (Å²) in [6, 6.07) is 5.86. The van der Waals surface area contributed by atoms with Crippen LogP contribution in [0, 0.1) is 6.92 Å². The van der Waals surface area contributed by atoms with Gasteiger partial charge in [0.1, 0.15) is 0 Å². The number of nitrogens with one attached hydrogen (secondary N) is 1. The molecule has 0 atom stereocenters. The summed E-state index contributed by atoms with van der Waals surface area (Å²) in [5.74, 6) is 0.667. The second-order valence-electron chi connectivity index (χ2n) is 3.51. The molecule has 0 aliphatic carbocycles. The fourth-order valence-corrected chi connectivity index (χ4v) is 2.38. The van der Waals surface area contributed by atoms with Gasteiger partial charge in [0.25, 0.3) is 0 Å². The van der Waals surface area contributed by atoms with Crippen LogP contribution in [0.1, 0.15) is 11.7 Å². The first kappa shape index (κ1) is 13.0. The van der Waals surface area contributed by atoms with Crippen LogP contribution in [0.2, 0.25) is 5.02 Å². The number of hydrogen-bond donors (Lipinski definition) is 1. The largest absolute Gasteiger partial charge is 0.340 e. The summed E-state index contributed by atoms with van der Waals surface area (Å²) in [4.78, 5) is 4.03. The number of rotatable bonds is 4. The van der Waals surface area contributed by atoms with E-state index in [0.29, 0.717) is 10.9 Å². The van der Waals surface area contributed by atoms with Crippen LogP contribution in [-0.4, -0.2) is 18.6 Å². The first-order chi connectivity index (χ1) is 8.47. The van der Waals surface area contributed by atoms with Gasteiger partial charge in [-0.05, 0) is 24.3 Å². The van der Waals surface area contributed by atoms with Crippen molar-refractivity contribution in [2.45, 2.75) is 18.4 Å². The molecule has 0 aliphatic heterocycles. The van der Waals surface area contributed by atoms with Crippen LogP contribution in [0.4, 0.5) is 0 Å². The third kappa shape index (κ3) is 3.06. The molecule has 0 aliphatic rings. The highest BCUT2D eigenvalue weighted by molar-refractivity contribution is 7.89. The molecule has 6 nitrogen and oxygen atoms in total. The van der Waals surface area contributed by atoms with Crippen molar-refractivity contribution in [2.75, 3.05) is 0 Å². The normalized spacial score (nSPS) is 11.7. The predicted molar refractivity (Wildman–Crippen MR) is 64.5 cm³/mol. The van der Waals surface area contributed by atoms with Crippen molar-refractivity contribution in [2.24, 2.45) is 0 Å². The van der Waals surface area contributed by atoms with Gasteiger partial charge in [-0.1, -0.05) is 16.8 Å². The summed E-state index contributed by atoms with van der Waals surface area (Å²) in [6.07, 6.45) is 0. The minimum absolute atomic E-state index is 0.0255. The minimum Gasteiger partial charge on any atom is -0.340 e. The summed E-state index contributed by atoms with van der Waals surface area (Å²) in [6.45, 7) is 1.60. The van der Waals surface area contributed by atoms with Gasteiger partial charge in [0, 0.05) is 11.9 Å². The topological polar surface area (TPSA) is 85.1 Å². The first-order valence-corrected chi connectivity index (χ1v) is 6.88. The number of aromatic nitrogens is 2. The Morgan fingerprint density at radius 2 is 2.00 bits per heavy atom. The van der Waals surface area contributed by atoms with Gasteiger partial charge in [-0.25, -0.2) is 13.1 Å². The van der Waals surface area contributed by atoms with Gasteiger partial charge >= 0.3 is 0 Å². The van der Waals surface area contributed by atoms with Crippen molar-refractivity contribution in [1.82, 2.24) is 14.9 Å². The Kier molecular flexibility index (Phi) is 3.65. The van der Waals surface area contributed by atoms with E-state index in [4.69, 9.17) is 16.1 Å². The van der Waals surface area contributed by atoms with Crippen molar-refractivity contribution in [3.8, 4) is 0 Å². The second-order valence-corrected chi connectivity index (χ2v) is 5.71. The van der Waals surface area contributed by atoms with Crippen LogP contribution in [0.5, 0.6) is 0 Å². The lowest BCUT2D eigenvalue weighted by atomic mass is 10.4. The highest BCUT2D eigenvalue weighted by atomic mass is 35.5. The van der Waals surface area contributed by atoms with Crippen molar-refractivity contribution < 1.29 is 12.9 Å². The van der Waals surface area contributed by atoms with E-state index >= 15 is 0 Å². The Morgan fingerprint density at radius 3 is 2.56 bits per heavy atom. The lowest BCUT2D eigenvalue weighted by Crippen LogP contribution is -2.23. The van der Waals surface area contributed by atoms with E-state index in [1.165, 1.54) is 24.3 Å². The van der Waals surface area contributed by atoms with Gasteiger partial charge in [-0.2, -0.15) is 4.98 Å². The van der Waals surface area contributed by atoms with E-state index in [0.717, 1.165) is 0 Å². The molecule has 8 heteroatoms. The average Bonchev–Trinajstić information content (AvgIpc) is 2.73. The van der Waals surface area contributed by atoms with E-state index in [-0.39, 0.29) is 17.3 Å². The predicted octanol–water partition coefficient (Wildman–Crippen LogP) is 1.51. The molecule has 0 saturated heterocycles. The van der Waals surface area contributed by atoms with E-state index in [1.54, 1.807) is 6.92 Å². The molecule has 2 aromatic rings. The standard InChI is InChI=1S/C10H10ClN3O3S/c1-7-13-10(14-17-7)6-12-18(15,16)9-4-2-8(11)3-5-9/h2-5,12H,6H2,1H3. The third-order valence-electron chi connectivity index (χ3n) is 2.11. The maximum absolute atomic E-state index is 11.9. The molecule has 1 aromatic carbocycles. The summed E-state index contributed by atoms with van der Waals surface area (Å²) < 4.78 is 30.9. The maximum atomic E-state index is 11.9. The van der Waals surface area contributed by atoms with Crippen molar-refractivity contribution in [3.05, 3.63) is 41.0 Å². The van der Waals surface area contributed by atoms with Gasteiger partial charge in [-0.3, -0.25) is 0 Å². The van der Waals surface area contributed by atoms with Gasteiger partial charge in [0.15, 0.2) is 5.82 Å². The molecule has 96 valence electrons. The quantitative estimate of drug-likeness (QED) is 0.921. The molecule has 0 saturated carbocycles. The highest BCUT2D eigenvalue weighted by Crippen LogP contribution is 2.14. The van der Waals surface area contributed by atoms with E-state index in [2.05, 4.69) is 14.9 Å². The molecule has 0 radical (unpaired) electrons. The molecule has 1 aromatic heterocycles. The highest BCUT2D eigenvalue weighted by Gasteiger charge is 2.14. The molecular formula is C10H10ClN3O3S. The number of nitrogens with zero attached hydrogens (tertiary/aromatic N) is 2. The van der Waals surface area contributed by atoms with E-state index in [9.17, 15) is 8.42 Å². The molecule has 1 heterocycles. The lowest BCUT2D eigenvalue weighted by molar-refractivity contribution is 0.387. The first-order valence-electron chi connectivity index (χ1n) is 5.02. The molecule has 0 fully saturated rings. The second kappa shape index (κ2) is 5.05. The fraction of sp³-hybridized carbons (Fsp3) is 0.200. The summed E-state index contributed by atoms with van der Waals surface area (Å²) in [5, 5.41) is 4.07. The Labute approximate surface area is 109 Å². The zero-order valence-corrected chi connectivity index (χ0v) is 11.0. The van der Waals surface area contributed by atoms with E-state index < -0.39 is 10.0 Å². The van der Waals surface area contributed by atoms with Crippen LogP contribution in [-0.2, 0) is 16.6 Å². The third-order valence-corrected chi connectivity index (χ3v) is 3.78. The van der Waals surface area contributed by atoms with Crippen LogP contribution in [0.25, 0.3) is 0 Å². The zero-order chi connectivity index (χ0) is 13.2. The molecule has 0 bridgehead atoms. The zero-order valence-electron chi connectivity index (χ0n) is 9.42. The molecular weight excluding hydrogens is 278 g/mol. The van der Waals surface area contributed by atoms with Gasteiger partial charge in [0.05, 0.1) is 11.4 Å². The molecule has 0 spiro atoms. The van der Waals surface area contributed by atoms with Gasteiger partial charge in [-0.15, -0.1) is 0 Å². The monoisotopic (exact) mass is 287 g/mol. The number of benzene rings is 1. The van der Waals surface area contributed by atoms with Gasteiger partial charge < -0.3 is 4.52 Å². The summed E-state index contributed by atoms with van der Waals surface area (Å²) in [7, 11) is -3.60. The Hall–Kier alpha value is -1.44. The number of hydrogen-bond acceptors (Lipinski definition) is 5. The van der Waals surface area contributed by atoms with Crippen LogP contribution in [0.3, 0.4) is 0 Å². The Morgan fingerprint density at radius 1 is 1.33 bits per heavy atom. The van der Waals surface area contributed by atoms with Gasteiger partial charge in [0.2, 0.25) is 15.9 Å². The number of sulfonamides is 1. The Bertz CT molecular complexity index is 637. The SMILES string of the molecule is Cc1nc(CNS(=O)(=O)c2ccc(Cl)cc2)no1. The fourth-order valence-electron chi connectivity index (χ4n) is 1.27. The lowest BCUT2D eigenvalue weighted by Gasteiger charge is -2.04. The molecule has 1 N–H and O–H groups in total. The van der Waals surface area contributed by atoms with Crippen molar-refractivity contribution in [1.29, 1.82) is 0 Å². The molecule has 0 amide bonds. The molecule has 0 unspecified atom stereocenters. The number of aryl methyl sites for hydroxylation is 1. The van der Waals surface area contributed by atoms with Crippen molar-refractivity contribution >= 4 is 21.6 Å². The average molecular weight is 288 g/mol. The minimum atomic E-state index is -3.60. The summed E-state index contributed by atoms with van der Waals surface area (Å²) >= 11 is 5.69. The summed E-state index contributed by atoms with van der Waals surface area (Å²) in [5.41, 5.74) is 0. The molecule has 18 heavy (non-hydrogen) atoms. The number of halogens is 1. The Balaban J connectivity index is 2.10. The van der Waals surface area contributed by atoms with Crippen molar-refractivity contribution in [3.63, 3.8) is 0 Å². The van der Waals surface area contributed by atoms with E-state index in [1.807, 2.05) is 0 Å². The maximum Gasteiger partial charge on any atom is 0.240 e. The molecule has 2 rings (SSSR count). The van der Waals surface area contributed by atoms with Crippen LogP contribution in [0.15, 0.2) is 33.7 Å². The van der Waals surface area contributed by atoms with Crippen LogP contribution >= 0.6 is 11.6 Å². The smallest absolute Gasteiger partial charge is 0.240 e.